The summed E-state index contributed by atoms with van der Waals surface area (Å²) in [6.45, 7) is 3.94. The van der Waals surface area contributed by atoms with Crippen LogP contribution in [0.4, 0.5) is 5.69 Å². The van der Waals surface area contributed by atoms with Crippen molar-refractivity contribution in [1.82, 2.24) is 5.32 Å². The Hall–Kier alpha value is -3.06. The van der Waals surface area contributed by atoms with E-state index in [0.29, 0.717) is 29.2 Å². The highest BCUT2D eigenvalue weighted by molar-refractivity contribution is 5.99. The van der Waals surface area contributed by atoms with Crippen molar-refractivity contribution in [2.24, 2.45) is 5.92 Å². The minimum absolute atomic E-state index is 0.0479. The molecular formula is C22H28N2O5. The summed E-state index contributed by atoms with van der Waals surface area (Å²) in [5.74, 6) is 0.264. The van der Waals surface area contributed by atoms with Crippen LogP contribution in [-0.2, 0) is 4.79 Å². The molecule has 1 unspecified atom stereocenters. The number of hydrogen-bond donors (Lipinski definition) is 3. The predicted molar refractivity (Wildman–Crippen MR) is 111 cm³/mol. The summed E-state index contributed by atoms with van der Waals surface area (Å²) in [6.07, 6.45) is -0.490. The lowest BCUT2D eigenvalue weighted by Crippen LogP contribution is -2.28. The topological polar surface area (TPSA) is 96.9 Å². The largest absolute Gasteiger partial charge is 0.493 e. The Morgan fingerprint density at radius 3 is 2.34 bits per heavy atom. The number of rotatable bonds is 9. The molecule has 156 valence electrons. The first-order valence-corrected chi connectivity index (χ1v) is 9.42. The van der Waals surface area contributed by atoms with E-state index in [1.54, 1.807) is 12.1 Å². The van der Waals surface area contributed by atoms with E-state index in [2.05, 4.69) is 10.6 Å². The lowest BCUT2D eigenvalue weighted by molar-refractivity contribution is -0.116. The normalized spacial score (nSPS) is 11.7. The highest BCUT2D eigenvalue weighted by atomic mass is 16.5. The molecule has 0 aliphatic heterocycles. The van der Waals surface area contributed by atoms with E-state index in [0.717, 1.165) is 0 Å². The van der Waals surface area contributed by atoms with Gasteiger partial charge in [0.15, 0.2) is 11.5 Å². The molecule has 2 rings (SSSR count). The lowest BCUT2D eigenvalue weighted by Gasteiger charge is -2.17. The summed E-state index contributed by atoms with van der Waals surface area (Å²) in [5.41, 5.74) is 1.34. The minimum atomic E-state index is -0.828. The van der Waals surface area contributed by atoms with E-state index in [1.165, 1.54) is 26.4 Å². The molecule has 7 nitrogen and oxygen atoms in total. The van der Waals surface area contributed by atoms with Crippen LogP contribution in [0.5, 0.6) is 11.5 Å². The maximum absolute atomic E-state index is 12.6. The summed E-state index contributed by atoms with van der Waals surface area (Å²) in [6, 6.07) is 12.1. The number of anilines is 1. The monoisotopic (exact) mass is 400 g/mol. The van der Waals surface area contributed by atoms with Gasteiger partial charge in [0.1, 0.15) is 0 Å². The van der Waals surface area contributed by atoms with Gasteiger partial charge in [0, 0.05) is 18.5 Å². The van der Waals surface area contributed by atoms with E-state index in [4.69, 9.17) is 9.47 Å². The number of carbonyl (C=O) groups excluding carboxylic acids is 2. The Bertz CT molecular complexity index is 837. The van der Waals surface area contributed by atoms with Crippen LogP contribution in [0.15, 0.2) is 42.5 Å². The Morgan fingerprint density at radius 1 is 1.07 bits per heavy atom. The van der Waals surface area contributed by atoms with Crippen LogP contribution in [0.1, 0.15) is 42.3 Å². The molecule has 0 spiro atoms. The number of methoxy groups -OCH3 is 2. The standard InChI is InChI=1S/C22H28N2O5/c1-14(2)10-20(26)24-17-11-16(12-19(28-3)21(17)29-4)22(27)23-13-18(25)15-8-6-5-7-9-15/h5-9,11-12,14,18,25H,10,13H2,1-4H3,(H,23,27)(H,24,26). The molecule has 0 fully saturated rings. The summed E-state index contributed by atoms with van der Waals surface area (Å²) in [4.78, 5) is 24.8. The Kier molecular flexibility index (Phi) is 8.03. The van der Waals surface area contributed by atoms with Crippen molar-refractivity contribution in [2.75, 3.05) is 26.1 Å². The van der Waals surface area contributed by atoms with Crippen molar-refractivity contribution in [3.8, 4) is 11.5 Å². The second-order valence-corrected chi connectivity index (χ2v) is 7.04. The van der Waals surface area contributed by atoms with Crippen molar-refractivity contribution < 1.29 is 24.2 Å². The molecule has 29 heavy (non-hydrogen) atoms. The second kappa shape index (κ2) is 10.5. The first-order valence-electron chi connectivity index (χ1n) is 9.42. The molecule has 0 aliphatic carbocycles. The van der Waals surface area contributed by atoms with Crippen LogP contribution in [0.25, 0.3) is 0 Å². The van der Waals surface area contributed by atoms with E-state index in [1.807, 2.05) is 32.0 Å². The van der Waals surface area contributed by atoms with Gasteiger partial charge in [0.25, 0.3) is 5.91 Å². The van der Waals surface area contributed by atoms with Crippen LogP contribution in [0.3, 0.4) is 0 Å². The molecular weight excluding hydrogens is 372 g/mol. The zero-order chi connectivity index (χ0) is 21.4. The predicted octanol–water partition coefficient (Wildman–Crippen LogP) is 3.15. The van der Waals surface area contributed by atoms with Crippen molar-refractivity contribution in [2.45, 2.75) is 26.4 Å². The average molecular weight is 400 g/mol. The lowest BCUT2D eigenvalue weighted by atomic mass is 10.1. The van der Waals surface area contributed by atoms with E-state index in [-0.39, 0.29) is 23.9 Å². The van der Waals surface area contributed by atoms with Gasteiger partial charge in [-0.15, -0.1) is 0 Å². The molecule has 1 atom stereocenters. The maximum Gasteiger partial charge on any atom is 0.251 e. The molecule has 2 aromatic rings. The fraction of sp³-hybridized carbons (Fsp3) is 0.364. The van der Waals surface area contributed by atoms with E-state index >= 15 is 0 Å². The quantitative estimate of drug-likeness (QED) is 0.601. The van der Waals surface area contributed by atoms with Gasteiger partial charge < -0.3 is 25.2 Å². The van der Waals surface area contributed by atoms with Crippen LogP contribution < -0.4 is 20.1 Å². The molecule has 0 aliphatic rings. The third-order valence-electron chi connectivity index (χ3n) is 4.25. The van der Waals surface area contributed by atoms with Crippen molar-refractivity contribution in [3.05, 3.63) is 53.6 Å². The van der Waals surface area contributed by atoms with Crippen LogP contribution in [0, 0.1) is 5.92 Å². The van der Waals surface area contributed by atoms with Crippen molar-refractivity contribution in [3.63, 3.8) is 0 Å². The van der Waals surface area contributed by atoms with Gasteiger partial charge in [-0.25, -0.2) is 0 Å². The minimum Gasteiger partial charge on any atom is -0.493 e. The summed E-state index contributed by atoms with van der Waals surface area (Å²) >= 11 is 0. The maximum atomic E-state index is 12.6. The zero-order valence-electron chi connectivity index (χ0n) is 17.2. The molecule has 2 amide bonds. The van der Waals surface area contributed by atoms with Crippen LogP contribution >= 0.6 is 0 Å². The first-order chi connectivity index (χ1) is 13.8. The SMILES string of the molecule is COc1cc(C(=O)NCC(O)c2ccccc2)cc(NC(=O)CC(C)C)c1OC. The van der Waals surface area contributed by atoms with Gasteiger partial charge in [-0.3, -0.25) is 9.59 Å². The number of aliphatic hydroxyl groups is 1. The van der Waals surface area contributed by atoms with Crippen LogP contribution in [-0.4, -0.2) is 37.7 Å². The number of carbonyl (C=O) groups is 2. The molecule has 0 saturated carbocycles. The van der Waals surface area contributed by atoms with Crippen LogP contribution in [0.2, 0.25) is 0 Å². The first kappa shape index (κ1) is 22.2. The highest BCUT2D eigenvalue weighted by Gasteiger charge is 2.19. The van der Waals surface area contributed by atoms with E-state index in [9.17, 15) is 14.7 Å². The third-order valence-corrected chi connectivity index (χ3v) is 4.25. The molecule has 0 saturated heterocycles. The summed E-state index contributed by atoms with van der Waals surface area (Å²) in [7, 11) is 2.92. The molecule has 2 aromatic carbocycles. The van der Waals surface area contributed by atoms with Crippen molar-refractivity contribution in [1.29, 1.82) is 0 Å². The fourth-order valence-electron chi connectivity index (χ4n) is 2.84. The highest BCUT2D eigenvalue weighted by Crippen LogP contribution is 2.36. The van der Waals surface area contributed by atoms with Gasteiger partial charge >= 0.3 is 0 Å². The van der Waals surface area contributed by atoms with E-state index < -0.39 is 12.0 Å². The number of amides is 2. The van der Waals surface area contributed by atoms with Gasteiger partial charge in [-0.2, -0.15) is 0 Å². The van der Waals surface area contributed by atoms with Gasteiger partial charge in [-0.1, -0.05) is 44.2 Å². The Balaban J connectivity index is 2.19. The molecule has 0 aromatic heterocycles. The van der Waals surface area contributed by atoms with Gasteiger partial charge in [-0.05, 0) is 23.6 Å². The fourth-order valence-corrected chi connectivity index (χ4v) is 2.84. The molecule has 3 N–H and O–H groups in total. The number of ether oxygens (including phenoxy) is 2. The summed E-state index contributed by atoms with van der Waals surface area (Å²) in [5, 5.41) is 15.7. The molecule has 0 heterocycles. The van der Waals surface area contributed by atoms with Crippen molar-refractivity contribution >= 4 is 17.5 Å². The zero-order valence-corrected chi connectivity index (χ0v) is 17.2. The average Bonchev–Trinajstić information content (AvgIpc) is 2.71. The molecule has 0 radical (unpaired) electrons. The number of benzene rings is 2. The number of hydrogen-bond acceptors (Lipinski definition) is 5. The number of nitrogens with one attached hydrogen (secondary N) is 2. The third kappa shape index (κ3) is 6.22. The summed E-state index contributed by atoms with van der Waals surface area (Å²) < 4.78 is 10.7. The second-order valence-electron chi connectivity index (χ2n) is 7.04. The molecule has 7 heteroatoms. The van der Waals surface area contributed by atoms with Gasteiger partial charge in [0.05, 0.1) is 26.0 Å². The number of aliphatic hydroxyl groups excluding tert-OH is 1. The Morgan fingerprint density at radius 2 is 1.76 bits per heavy atom. The Labute approximate surface area is 171 Å². The smallest absolute Gasteiger partial charge is 0.251 e. The van der Waals surface area contributed by atoms with Gasteiger partial charge in [0.2, 0.25) is 5.91 Å². The molecule has 0 bridgehead atoms.